The minimum absolute atomic E-state index is 0.00696. The third-order valence-electron chi connectivity index (χ3n) is 3.38. The van der Waals surface area contributed by atoms with Crippen molar-refractivity contribution in [3.8, 4) is 0 Å². The molecule has 23 heavy (non-hydrogen) atoms. The summed E-state index contributed by atoms with van der Waals surface area (Å²) in [6.45, 7) is 13.1. The molecular weight excluding hydrogens is 329 g/mol. The predicted octanol–water partition coefficient (Wildman–Crippen LogP) is 2.84. The van der Waals surface area contributed by atoms with Crippen LogP contribution in [0.4, 0.5) is 13.2 Å². The lowest BCUT2D eigenvalue weighted by molar-refractivity contribution is -0.192. The van der Waals surface area contributed by atoms with Gasteiger partial charge in [-0.3, -0.25) is 5.84 Å². The number of carbonyl (C=O) groups is 1. The standard InChI is InChI=1S/C12H26N2OSi.C2HF3O2/c1-11(2,3)16-15-12(4,5)10-6-8-14(13)9-7-10;3-2(4,5)1(6)7/h10H,6-9,13H2,1-5H3;(H,6,7). The van der Waals surface area contributed by atoms with Gasteiger partial charge in [-0.1, -0.05) is 20.8 Å². The minimum atomic E-state index is -5.08. The number of hydrogen-bond acceptors (Lipinski definition) is 4. The molecule has 2 radical (unpaired) electrons. The number of nitrogens with two attached hydrogens (primary N) is 1. The van der Waals surface area contributed by atoms with Gasteiger partial charge in [0.15, 0.2) is 0 Å². The van der Waals surface area contributed by atoms with E-state index in [0.29, 0.717) is 15.7 Å². The first-order valence-electron chi connectivity index (χ1n) is 7.40. The minimum Gasteiger partial charge on any atom is -0.475 e. The van der Waals surface area contributed by atoms with E-state index in [-0.39, 0.29) is 10.6 Å². The molecule has 1 fully saturated rings. The van der Waals surface area contributed by atoms with Crippen molar-refractivity contribution >= 4 is 15.7 Å². The molecule has 1 saturated heterocycles. The highest BCUT2D eigenvalue weighted by Crippen LogP contribution is 2.32. The van der Waals surface area contributed by atoms with Crippen molar-refractivity contribution in [1.82, 2.24) is 5.01 Å². The molecule has 0 aliphatic carbocycles. The Balaban J connectivity index is 0.000000585. The summed E-state index contributed by atoms with van der Waals surface area (Å²) in [6, 6.07) is 0. The zero-order valence-electron chi connectivity index (χ0n) is 14.3. The summed E-state index contributed by atoms with van der Waals surface area (Å²) in [7, 11) is 0.566. The molecule has 136 valence electrons. The Bertz CT molecular complexity index is 376. The smallest absolute Gasteiger partial charge is 0.475 e. The molecule has 0 saturated carbocycles. The third-order valence-corrected chi connectivity index (χ3v) is 4.62. The Morgan fingerprint density at radius 2 is 1.57 bits per heavy atom. The molecule has 0 atom stereocenters. The van der Waals surface area contributed by atoms with Crippen LogP contribution in [0.3, 0.4) is 0 Å². The van der Waals surface area contributed by atoms with Crippen molar-refractivity contribution in [3.05, 3.63) is 0 Å². The quantitative estimate of drug-likeness (QED) is 0.601. The first kappa shape index (κ1) is 22.4. The van der Waals surface area contributed by atoms with Gasteiger partial charge in [-0.25, -0.2) is 9.80 Å². The zero-order chi connectivity index (χ0) is 18.5. The van der Waals surface area contributed by atoms with Crippen molar-refractivity contribution in [2.45, 2.75) is 64.3 Å². The van der Waals surface area contributed by atoms with Gasteiger partial charge in [-0.15, -0.1) is 0 Å². The predicted molar refractivity (Wildman–Crippen MR) is 82.8 cm³/mol. The molecule has 1 rings (SSSR count). The number of alkyl halides is 3. The number of rotatable bonds is 3. The van der Waals surface area contributed by atoms with Crippen LogP contribution in [0.1, 0.15) is 47.5 Å². The van der Waals surface area contributed by atoms with Crippen LogP contribution in [0.25, 0.3) is 0 Å². The van der Waals surface area contributed by atoms with Crippen molar-refractivity contribution in [1.29, 1.82) is 0 Å². The molecule has 0 spiro atoms. The Morgan fingerprint density at radius 1 is 1.17 bits per heavy atom. The van der Waals surface area contributed by atoms with Gasteiger partial charge in [0.2, 0.25) is 9.76 Å². The van der Waals surface area contributed by atoms with E-state index in [0.717, 1.165) is 25.9 Å². The highest BCUT2D eigenvalue weighted by atomic mass is 28.2. The average molecular weight is 356 g/mol. The van der Waals surface area contributed by atoms with E-state index in [1.54, 1.807) is 0 Å². The molecule has 1 aliphatic heterocycles. The number of carboxylic acids is 1. The number of aliphatic carboxylic acids is 1. The summed E-state index contributed by atoms with van der Waals surface area (Å²) >= 11 is 0. The molecular formula is C14H27F3N2O3Si. The first-order chi connectivity index (χ1) is 10.1. The molecule has 3 N–H and O–H groups in total. The monoisotopic (exact) mass is 356 g/mol. The van der Waals surface area contributed by atoms with Crippen LogP contribution in [0, 0.1) is 5.92 Å². The number of halogens is 3. The number of nitrogens with zero attached hydrogens (tertiary/aromatic N) is 1. The van der Waals surface area contributed by atoms with Gasteiger partial charge in [-0.2, -0.15) is 13.2 Å². The van der Waals surface area contributed by atoms with E-state index in [1.165, 1.54) is 0 Å². The van der Waals surface area contributed by atoms with E-state index in [4.69, 9.17) is 20.2 Å². The van der Waals surface area contributed by atoms with Gasteiger partial charge < -0.3 is 9.53 Å². The maximum atomic E-state index is 10.6. The summed E-state index contributed by atoms with van der Waals surface area (Å²) in [4.78, 5) is 8.90. The van der Waals surface area contributed by atoms with Crippen molar-refractivity contribution < 1.29 is 27.5 Å². The number of hydrogen-bond donors (Lipinski definition) is 2. The number of carboxylic acid groups (broad SMARTS) is 1. The molecule has 0 bridgehead atoms. The van der Waals surface area contributed by atoms with Gasteiger partial charge in [0.05, 0.1) is 5.60 Å². The fraction of sp³-hybridized carbons (Fsp3) is 0.929. The van der Waals surface area contributed by atoms with Crippen LogP contribution in [-0.4, -0.2) is 50.7 Å². The van der Waals surface area contributed by atoms with Crippen molar-refractivity contribution in [2.75, 3.05) is 13.1 Å². The number of hydrazine groups is 1. The second-order valence-corrected chi connectivity index (χ2v) is 9.08. The van der Waals surface area contributed by atoms with Gasteiger partial charge in [-0.05, 0) is 37.6 Å². The molecule has 1 heterocycles. The second kappa shape index (κ2) is 8.45. The van der Waals surface area contributed by atoms with Gasteiger partial charge in [0.25, 0.3) is 0 Å². The third kappa shape index (κ3) is 9.95. The van der Waals surface area contributed by atoms with Gasteiger partial charge in [0, 0.05) is 13.1 Å². The summed E-state index contributed by atoms with van der Waals surface area (Å²) in [5.41, 5.74) is -0.00696. The molecule has 9 heteroatoms. The molecule has 1 aliphatic rings. The topological polar surface area (TPSA) is 75.8 Å². The largest absolute Gasteiger partial charge is 0.490 e. The van der Waals surface area contributed by atoms with Crippen LogP contribution in [0.5, 0.6) is 0 Å². The van der Waals surface area contributed by atoms with Crippen LogP contribution in [-0.2, 0) is 9.22 Å². The molecule has 0 aromatic rings. The molecule has 0 aromatic carbocycles. The lowest BCUT2D eigenvalue weighted by Crippen LogP contribution is -2.46. The Morgan fingerprint density at radius 3 is 1.87 bits per heavy atom. The number of piperidine rings is 1. The van der Waals surface area contributed by atoms with Gasteiger partial charge in [0.1, 0.15) is 0 Å². The highest BCUT2D eigenvalue weighted by molar-refractivity contribution is 6.31. The Hall–Kier alpha value is -0.643. The van der Waals surface area contributed by atoms with Crippen molar-refractivity contribution in [3.63, 3.8) is 0 Å². The van der Waals surface area contributed by atoms with E-state index in [2.05, 4.69) is 34.6 Å². The highest BCUT2D eigenvalue weighted by Gasteiger charge is 2.38. The Labute approximate surface area is 138 Å². The van der Waals surface area contributed by atoms with Crippen LogP contribution in [0.2, 0.25) is 5.04 Å². The van der Waals surface area contributed by atoms with Crippen LogP contribution in [0.15, 0.2) is 0 Å². The van der Waals surface area contributed by atoms with E-state index in [1.807, 2.05) is 5.01 Å². The second-order valence-electron chi connectivity index (χ2n) is 7.17. The fourth-order valence-electron chi connectivity index (χ4n) is 1.96. The summed E-state index contributed by atoms with van der Waals surface area (Å²) in [5, 5.41) is 9.31. The zero-order valence-corrected chi connectivity index (χ0v) is 15.3. The van der Waals surface area contributed by atoms with Crippen LogP contribution < -0.4 is 5.84 Å². The molecule has 0 aromatic heterocycles. The molecule has 5 nitrogen and oxygen atoms in total. The van der Waals surface area contributed by atoms with E-state index in [9.17, 15) is 13.2 Å². The van der Waals surface area contributed by atoms with Crippen molar-refractivity contribution in [2.24, 2.45) is 11.8 Å². The SMILES string of the molecule is CC(C)(C)[Si]OC(C)(C)C1CCN(N)CC1.O=C(O)C(F)(F)F. The first-order valence-corrected chi connectivity index (χ1v) is 8.31. The normalized spacial score (nSPS) is 18.3. The maximum absolute atomic E-state index is 10.6. The Kier molecular flexibility index (Phi) is 8.22. The fourth-order valence-corrected chi connectivity index (χ4v) is 2.70. The molecule has 0 unspecified atom stereocenters. The van der Waals surface area contributed by atoms with Gasteiger partial charge >= 0.3 is 12.1 Å². The van der Waals surface area contributed by atoms with E-state index < -0.39 is 12.1 Å². The van der Waals surface area contributed by atoms with Crippen LogP contribution >= 0.6 is 0 Å². The van der Waals surface area contributed by atoms with E-state index >= 15 is 0 Å². The summed E-state index contributed by atoms with van der Waals surface area (Å²) in [6.07, 6.45) is -2.78. The average Bonchev–Trinajstić information content (AvgIpc) is 2.36. The lowest BCUT2D eigenvalue weighted by Gasteiger charge is -2.40. The molecule has 0 amide bonds. The maximum Gasteiger partial charge on any atom is 0.490 e. The lowest BCUT2D eigenvalue weighted by atomic mass is 9.83. The summed E-state index contributed by atoms with van der Waals surface area (Å²) < 4.78 is 37.9. The summed E-state index contributed by atoms with van der Waals surface area (Å²) in [5.74, 6) is 3.66.